The summed E-state index contributed by atoms with van der Waals surface area (Å²) in [5, 5.41) is 15.2. The first-order chi connectivity index (χ1) is 15.7. The number of aliphatic hydroxyl groups is 1. The first kappa shape index (κ1) is 21.9. The van der Waals surface area contributed by atoms with Crippen molar-refractivity contribution in [1.82, 2.24) is 4.98 Å². The van der Waals surface area contributed by atoms with Gasteiger partial charge in [-0.2, -0.15) is 0 Å². The van der Waals surface area contributed by atoms with Gasteiger partial charge in [0.1, 0.15) is 17.2 Å². The van der Waals surface area contributed by atoms with Crippen molar-refractivity contribution in [3.63, 3.8) is 0 Å². The van der Waals surface area contributed by atoms with Gasteiger partial charge in [0.2, 0.25) is 0 Å². The quantitative estimate of drug-likeness (QED) is 0.328. The topological polar surface area (TPSA) is 58.7 Å². The molecule has 2 N–H and O–H groups in total. The molecule has 0 bridgehead atoms. The van der Waals surface area contributed by atoms with Gasteiger partial charge in [0, 0.05) is 18.3 Å². The molecule has 0 aliphatic heterocycles. The van der Waals surface area contributed by atoms with Gasteiger partial charge in [0.05, 0.1) is 13.2 Å². The standard InChI is InChI=1S/C27H29N3O2/c1-28-24-13-15-25(16-14-24)32-19-7-18-29-26-17-12-23(20-30-26)27(31,22-10-5-6-11-22)21-8-3-2-4-9-21/h2-4,8-9,12-17,20,22,31H,5-7,10-11,18-19H2,(H,29,30). The third kappa shape index (κ3) is 4.92. The number of rotatable bonds is 9. The first-order valence-corrected chi connectivity index (χ1v) is 11.3. The number of nitrogens with one attached hydrogen (secondary N) is 1. The van der Waals surface area contributed by atoms with E-state index >= 15 is 0 Å². The Morgan fingerprint density at radius 1 is 1.00 bits per heavy atom. The fourth-order valence-corrected chi connectivity index (χ4v) is 4.49. The Labute approximate surface area is 189 Å². The zero-order valence-electron chi connectivity index (χ0n) is 18.2. The fraction of sp³-hybridized carbons (Fsp3) is 0.333. The molecular formula is C27H29N3O2. The zero-order chi connectivity index (χ0) is 22.2. The van der Waals surface area contributed by atoms with Crippen molar-refractivity contribution in [1.29, 1.82) is 0 Å². The molecule has 1 fully saturated rings. The number of anilines is 1. The maximum Gasteiger partial charge on any atom is 0.187 e. The Bertz CT molecular complexity index is 1020. The maximum absolute atomic E-state index is 11.8. The monoisotopic (exact) mass is 427 g/mol. The second-order valence-corrected chi connectivity index (χ2v) is 8.28. The van der Waals surface area contributed by atoms with Crippen LogP contribution in [-0.4, -0.2) is 23.2 Å². The van der Waals surface area contributed by atoms with Crippen LogP contribution in [0.2, 0.25) is 0 Å². The molecule has 0 amide bonds. The highest BCUT2D eigenvalue weighted by molar-refractivity contribution is 5.47. The van der Waals surface area contributed by atoms with E-state index in [1.165, 1.54) is 12.8 Å². The van der Waals surface area contributed by atoms with Crippen LogP contribution < -0.4 is 10.1 Å². The predicted octanol–water partition coefficient (Wildman–Crippen LogP) is 5.94. The molecule has 0 saturated heterocycles. The lowest BCUT2D eigenvalue weighted by molar-refractivity contribution is 0.0186. The molecule has 1 aliphatic carbocycles. The number of nitrogens with zero attached hydrogens (tertiary/aromatic N) is 2. The average molecular weight is 428 g/mol. The number of pyridine rings is 1. The molecule has 2 aromatic carbocycles. The average Bonchev–Trinajstić information content (AvgIpc) is 3.40. The number of aromatic nitrogens is 1. The largest absolute Gasteiger partial charge is 0.494 e. The van der Waals surface area contributed by atoms with Gasteiger partial charge in [0.15, 0.2) is 5.69 Å². The van der Waals surface area contributed by atoms with Gasteiger partial charge in [-0.05, 0) is 48.9 Å². The summed E-state index contributed by atoms with van der Waals surface area (Å²) in [5.74, 6) is 1.77. The van der Waals surface area contributed by atoms with Crippen LogP contribution in [0, 0.1) is 12.5 Å². The third-order valence-electron chi connectivity index (χ3n) is 6.23. The summed E-state index contributed by atoms with van der Waals surface area (Å²) in [7, 11) is 0. The molecule has 0 spiro atoms. The molecule has 0 radical (unpaired) electrons. The molecule has 4 rings (SSSR count). The van der Waals surface area contributed by atoms with Crippen LogP contribution in [-0.2, 0) is 5.60 Å². The lowest BCUT2D eigenvalue weighted by atomic mass is 9.76. The number of ether oxygens (including phenoxy) is 1. The van der Waals surface area contributed by atoms with Crippen molar-refractivity contribution in [2.45, 2.75) is 37.7 Å². The lowest BCUT2D eigenvalue weighted by Crippen LogP contribution is -2.35. The van der Waals surface area contributed by atoms with Crippen molar-refractivity contribution < 1.29 is 9.84 Å². The maximum atomic E-state index is 11.8. The molecule has 1 heterocycles. The fourth-order valence-electron chi connectivity index (χ4n) is 4.49. The summed E-state index contributed by atoms with van der Waals surface area (Å²) >= 11 is 0. The minimum atomic E-state index is -1.00. The van der Waals surface area contributed by atoms with E-state index in [-0.39, 0.29) is 5.92 Å². The zero-order valence-corrected chi connectivity index (χ0v) is 18.2. The van der Waals surface area contributed by atoms with Gasteiger partial charge in [-0.25, -0.2) is 9.83 Å². The lowest BCUT2D eigenvalue weighted by Gasteiger charge is -2.35. The Kier molecular flexibility index (Phi) is 7.03. The summed E-state index contributed by atoms with van der Waals surface area (Å²) in [6, 6.07) is 21.1. The van der Waals surface area contributed by atoms with Crippen molar-refractivity contribution in [2.75, 3.05) is 18.5 Å². The van der Waals surface area contributed by atoms with Crippen LogP contribution in [0.4, 0.5) is 11.5 Å². The molecule has 32 heavy (non-hydrogen) atoms. The molecule has 3 aromatic rings. The number of hydrogen-bond donors (Lipinski definition) is 2. The van der Waals surface area contributed by atoms with Crippen LogP contribution in [0.25, 0.3) is 4.85 Å². The summed E-state index contributed by atoms with van der Waals surface area (Å²) in [6.45, 7) is 8.29. The molecule has 5 nitrogen and oxygen atoms in total. The van der Waals surface area contributed by atoms with Crippen molar-refractivity contribution in [3.05, 3.63) is 95.5 Å². The summed E-state index contributed by atoms with van der Waals surface area (Å²) in [4.78, 5) is 7.95. The van der Waals surface area contributed by atoms with Gasteiger partial charge in [-0.15, -0.1) is 0 Å². The van der Waals surface area contributed by atoms with E-state index in [1.807, 2.05) is 60.8 Å². The van der Waals surface area contributed by atoms with Gasteiger partial charge in [0.25, 0.3) is 0 Å². The van der Waals surface area contributed by atoms with Crippen LogP contribution in [0.5, 0.6) is 5.75 Å². The van der Waals surface area contributed by atoms with Crippen molar-refractivity contribution in [3.8, 4) is 5.75 Å². The number of benzene rings is 2. The minimum absolute atomic E-state index is 0.214. The second kappa shape index (κ2) is 10.3. The Hall–Kier alpha value is -3.36. The smallest absolute Gasteiger partial charge is 0.187 e. The first-order valence-electron chi connectivity index (χ1n) is 11.3. The normalized spacial score (nSPS) is 15.6. The van der Waals surface area contributed by atoms with E-state index in [0.29, 0.717) is 12.3 Å². The van der Waals surface area contributed by atoms with Crippen molar-refractivity contribution >= 4 is 11.5 Å². The van der Waals surface area contributed by atoms with Crippen LogP contribution in [0.3, 0.4) is 0 Å². The van der Waals surface area contributed by atoms with Gasteiger partial charge in [-0.1, -0.05) is 61.4 Å². The van der Waals surface area contributed by atoms with Gasteiger partial charge < -0.3 is 15.2 Å². The van der Waals surface area contributed by atoms with E-state index in [2.05, 4.69) is 15.1 Å². The molecule has 1 aromatic heterocycles. The predicted molar refractivity (Wildman–Crippen MR) is 127 cm³/mol. The molecule has 1 aliphatic rings. The molecule has 1 atom stereocenters. The molecule has 164 valence electrons. The van der Waals surface area contributed by atoms with Gasteiger partial charge in [-0.3, -0.25) is 0 Å². The SMILES string of the molecule is [C-]#[N+]c1ccc(OCCCNc2ccc(C(O)(c3ccccc3)C3CCCC3)cn2)cc1. The molecule has 1 unspecified atom stereocenters. The second-order valence-electron chi connectivity index (χ2n) is 8.28. The van der Waals surface area contributed by atoms with E-state index in [1.54, 1.807) is 12.1 Å². The highest BCUT2D eigenvalue weighted by atomic mass is 16.5. The number of hydrogen-bond acceptors (Lipinski definition) is 4. The minimum Gasteiger partial charge on any atom is -0.494 e. The van der Waals surface area contributed by atoms with E-state index < -0.39 is 5.60 Å². The van der Waals surface area contributed by atoms with Crippen LogP contribution in [0.1, 0.15) is 43.2 Å². The Morgan fingerprint density at radius 3 is 2.41 bits per heavy atom. The Balaban J connectivity index is 1.34. The summed E-state index contributed by atoms with van der Waals surface area (Å²) in [5.41, 5.74) is 1.41. The highest BCUT2D eigenvalue weighted by Crippen LogP contribution is 2.44. The van der Waals surface area contributed by atoms with E-state index in [0.717, 1.165) is 48.5 Å². The Morgan fingerprint density at radius 2 is 1.75 bits per heavy atom. The van der Waals surface area contributed by atoms with E-state index in [9.17, 15) is 5.11 Å². The third-order valence-corrected chi connectivity index (χ3v) is 6.23. The van der Waals surface area contributed by atoms with Crippen LogP contribution >= 0.6 is 0 Å². The van der Waals surface area contributed by atoms with Crippen LogP contribution in [0.15, 0.2) is 72.9 Å². The summed E-state index contributed by atoms with van der Waals surface area (Å²) in [6.07, 6.45) is 7.03. The van der Waals surface area contributed by atoms with Crippen molar-refractivity contribution in [2.24, 2.45) is 5.92 Å². The van der Waals surface area contributed by atoms with E-state index in [4.69, 9.17) is 11.3 Å². The highest BCUT2D eigenvalue weighted by Gasteiger charge is 2.41. The molecule has 1 saturated carbocycles. The molecule has 5 heteroatoms. The molecular weight excluding hydrogens is 398 g/mol. The summed E-state index contributed by atoms with van der Waals surface area (Å²) < 4.78 is 5.72. The van der Waals surface area contributed by atoms with Gasteiger partial charge >= 0.3 is 0 Å².